The summed E-state index contributed by atoms with van der Waals surface area (Å²) in [6.07, 6.45) is 3.87. The van der Waals surface area contributed by atoms with Gasteiger partial charge < -0.3 is 10.4 Å². The summed E-state index contributed by atoms with van der Waals surface area (Å²) in [5.41, 5.74) is -1.70. The van der Waals surface area contributed by atoms with Crippen LogP contribution in [0.3, 0.4) is 0 Å². The van der Waals surface area contributed by atoms with Gasteiger partial charge in [-0.2, -0.15) is 0 Å². The maximum atomic E-state index is 13.8. The highest BCUT2D eigenvalue weighted by atomic mass is 79.9. The van der Waals surface area contributed by atoms with E-state index in [1.165, 1.54) is 0 Å². The summed E-state index contributed by atoms with van der Waals surface area (Å²) in [7, 11) is 0. The SMILES string of the molecule is O=C(CC1(C(=O)O)CCCCCC1)Nc1c(F)cc(Br)cc1F. The minimum Gasteiger partial charge on any atom is -0.481 e. The van der Waals surface area contributed by atoms with E-state index in [2.05, 4.69) is 21.2 Å². The summed E-state index contributed by atoms with van der Waals surface area (Å²) in [5, 5.41) is 11.7. The summed E-state index contributed by atoms with van der Waals surface area (Å²) in [4.78, 5) is 23.8. The maximum Gasteiger partial charge on any atom is 0.310 e. The first-order valence-corrected chi connectivity index (χ1v) is 8.31. The van der Waals surface area contributed by atoms with Crippen LogP contribution >= 0.6 is 15.9 Å². The second-order valence-corrected chi connectivity index (χ2v) is 6.88. The van der Waals surface area contributed by atoms with E-state index in [4.69, 9.17) is 0 Å². The zero-order valence-corrected chi connectivity index (χ0v) is 14.1. The normalized spacial score (nSPS) is 17.3. The Morgan fingerprint density at radius 3 is 2.13 bits per heavy atom. The number of anilines is 1. The molecule has 1 aromatic rings. The van der Waals surface area contributed by atoms with E-state index in [0.29, 0.717) is 12.8 Å². The third-order valence-corrected chi connectivity index (χ3v) is 4.74. The molecule has 0 spiro atoms. The van der Waals surface area contributed by atoms with Crippen molar-refractivity contribution in [2.45, 2.75) is 44.9 Å². The molecule has 1 aliphatic rings. The first kappa shape index (κ1) is 17.8. The number of benzene rings is 1. The quantitative estimate of drug-likeness (QED) is 0.745. The molecule has 1 aromatic carbocycles. The number of halogens is 3. The molecule has 0 heterocycles. The third kappa shape index (κ3) is 4.28. The second kappa shape index (κ2) is 7.38. The van der Waals surface area contributed by atoms with Crippen molar-refractivity contribution in [3.8, 4) is 0 Å². The summed E-state index contributed by atoms with van der Waals surface area (Å²) in [6.45, 7) is 0. The van der Waals surface area contributed by atoms with Gasteiger partial charge in [0.2, 0.25) is 5.91 Å². The highest BCUT2D eigenvalue weighted by molar-refractivity contribution is 9.10. The fourth-order valence-corrected chi connectivity index (χ4v) is 3.43. The molecule has 1 aliphatic carbocycles. The van der Waals surface area contributed by atoms with Crippen molar-refractivity contribution in [2.24, 2.45) is 5.41 Å². The Morgan fingerprint density at radius 2 is 1.65 bits per heavy atom. The van der Waals surface area contributed by atoms with Crippen molar-refractivity contribution < 1.29 is 23.5 Å². The lowest BCUT2D eigenvalue weighted by Gasteiger charge is -2.27. The number of aliphatic carboxylic acids is 1. The Balaban J connectivity index is 2.15. The van der Waals surface area contributed by atoms with E-state index in [1.54, 1.807) is 0 Å². The molecular formula is C16H18BrF2NO3. The third-order valence-electron chi connectivity index (χ3n) is 4.28. The van der Waals surface area contributed by atoms with E-state index in [1.807, 2.05) is 0 Å². The van der Waals surface area contributed by atoms with Crippen molar-refractivity contribution in [2.75, 3.05) is 5.32 Å². The van der Waals surface area contributed by atoms with E-state index in [9.17, 15) is 23.5 Å². The first-order valence-electron chi connectivity index (χ1n) is 7.52. The largest absolute Gasteiger partial charge is 0.481 e. The number of amides is 1. The first-order chi connectivity index (χ1) is 10.8. The van der Waals surface area contributed by atoms with Gasteiger partial charge >= 0.3 is 5.97 Å². The van der Waals surface area contributed by atoms with Crippen molar-refractivity contribution in [1.29, 1.82) is 0 Å². The molecular weight excluding hydrogens is 372 g/mol. The molecule has 7 heteroatoms. The fourth-order valence-electron chi connectivity index (χ4n) is 3.02. The van der Waals surface area contributed by atoms with Crippen molar-refractivity contribution in [3.63, 3.8) is 0 Å². The lowest BCUT2D eigenvalue weighted by atomic mass is 9.77. The second-order valence-electron chi connectivity index (χ2n) is 5.97. The number of carbonyl (C=O) groups excluding carboxylic acids is 1. The molecule has 0 atom stereocenters. The van der Waals surface area contributed by atoms with Crippen LogP contribution in [0.1, 0.15) is 44.9 Å². The van der Waals surface area contributed by atoms with Crippen LogP contribution in [0.4, 0.5) is 14.5 Å². The predicted molar refractivity (Wildman–Crippen MR) is 85.1 cm³/mol. The van der Waals surface area contributed by atoms with Crippen LogP contribution in [0, 0.1) is 17.0 Å². The van der Waals surface area contributed by atoms with Gasteiger partial charge in [0.25, 0.3) is 0 Å². The summed E-state index contributed by atoms with van der Waals surface area (Å²) >= 11 is 2.96. The molecule has 0 unspecified atom stereocenters. The van der Waals surface area contributed by atoms with Gasteiger partial charge in [0, 0.05) is 10.9 Å². The summed E-state index contributed by atoms with van der Waals surface area (Å²) in [5.74, 6) is -3.52. The summed E-state index contributed by atoms with van der Waals surface area (Å²) in [6, 6.07) is 2.08. The number of nitrogens with one attached hydrogen (secondary N) is 1. The zero-order valence-electron chi connectivity index (χ0n) is 12.5. The number of hydrogen-bond donors (Lipinski definition) is 2. The molecule has 2 rings (SSSR count). The van der Waals surface area contributed by atoms with E-state index < -0.39 is 34.6 Å². The molecule has 126 valence electrons. The van der Waals surface area contributed by atoms with Crippen molar-refractivity contribution in [1.82, 2.24) is 0 Å². The average Bonchev–Trinajstić information content (AvgIpc) is 2.69. The molecule has 0 bridgehead atoms. The molecule has 0 aromatic heterocycles. The average molecular weight is 390 g/mol. The molecule has 0 aliphatic heterocycles. The number of carboxylic acids is 1. The smallest absolute Gasteiger partial charge is 0.310 e. The van der Waals surface area contributed by atoms with Gasteiger partial charge in [-0.1, -0.05) is 41.6 Å². The van der Waals surface area contributed by atoms with E-state index >= 15 is 0 Å². The minimum atomic E-state index is -1.15. The Morgan fingerprint density at radius 1 is 1.13 bits per heavy atom. The zero-order chi connectivity index (χ0) is 17.0. The number of hydrogen-bond acceptors (Lipinski definition) is 2. The van der Waals surface area contributed by atoms with Crippen LogP contribution in [0.2, 0.25) is 0 Å². The number of carbonyl (C=O) groups is 2. The molecule has 4 nitrogen and oxygen atoms in total. The van der Waals surface area contributed by atoms with Crippen LogP contribution in [0.25, 0.3) is 0 Å². The van der Waals surface area contributed by atoms with Gasteiger partial charge in [0.15, 0.2) is 11.6 Å². The van der Waals surface area contributed by atoms with E-state index in [0.717, 1.165) is 37.8 Å². The Labute approximate surface area is 141 Å². The Bertz CT molecular complexity index is 590. The highest BCUT2D eigenvalue weighted by Crippen LogP contribution is 2.39. The van der Waals surface area contributed by atoms with Crippen LogP contribution in [-0.2, 0) is 9.59 Å². The Kier molecular flexibility index (Phi) is 5.73. The molecule has 1 amide bonds. The van der Waals surface area contributed by atoms with Crippen LogP contribution < -0.4 is 5.32 Å². The molecule has 1 saturated carbocycles. The minimum absolute atomic E-state index is 0.219. The standard InChI is InChI=1S/C16H18BrF2NO3/c17-10-7-11(18)14(12(19)8-10)20-13(21)9-16(15(22)23)5-3-1-2-4-6-16/h7-8H,1-6,9H2,(H,20,21)(H,22,23). The highest BCUT2D eigenvalue weighted by Gasteiger charge is 2.40. The van der Waals surface area contributed by atoms with Crippen LogP contribution in [-0.4, -0.2) is 17.0 Å². The lowest BCUT2D eigenvalue weighted by Crippen LogP contribution is -2.35. The van der Waals surface area contributed by atoms with Gasteiger partial charge in [0.1, 0.15) is 5.69 Å². The van der Waals surface area contributed by atoms with Gasteiger partial charge in [-0.3, -0.25) is 9.59 Å². The monoisotopic (exact) mass is 389 g/mol. The molecule has 23 heavy (non-hydrogen) atoms. The fraction of sp³-hybridized carbons (Fsp3) is 0.500. The summed E-state index contributed by atoms with van der Waals surface area (Å²) < 4.78 is 27.8. The van der Waals surface area contributed by atoms with Crippen molar-refractivity contribution in [3.05, 3.63) is 28.2 Å². The van der Waals surface area contributed by atoms with Crippen molar-refractivity contribution >= 4 is 33.5 Å². The molecule has 1 fully saturated rings. The van der Waals surface area contributed by atoms with Gasteiger partial charge in [0.05, 0.1) is 5.41 Å². The molecule has 2 N–H and O–H groups in total. The van der Waals surface area contributed by atoms with Gasteiger partial charge in [-0.25, -0.2) is 8.78 Å². The molecule has 0 saturated heterocycles. The van der Waals surface area contributed by atoms with Gasteiger partial charge in [-0.05, 0) is 25.0 Å². The topological polar surface area (TPSA) is 66.4 Å². The predicted octanol–water partition coefficient (Wildman–Crippen LogP) is 4.48. The number of rotatable bonds is 4. The number of carboxylic acid groups (broad SMARTS) is 1. The molecule has 0 radical (unpaired) electrons. The van der Waals surface area contributed by atoms with Crippen LogP contribution in [0.15, 0.2) is 16.6 Å². The van der Waals surface area contributed by atoms with Crippen LogP contribution in [0.5, 0.6) is 0 Å². The lowest BCUT2D eigenvalue weighted by molar-refractivity contribution is -0.152. The Hall–Kier alpha value is -1.50. The maximum absolute atomic E-state index is 13.8. The van der Waals surface area contributed by atoms with E-state index in [-0.39, 0.29) is 10.9 Å². The van der Waals surface area contributed by atoms with Gasteiger partial charge in [-0.15, -0.1) is 0 Å².